The molecule has 0 spiro atoms. The van der Waals surface area contributed by atoms with Gasteiger partial charge >= 0.3 is 6.03 Å². The molecule has 2 aliphatic rings. The van der Waals surface area contributed by atoms with Crippen molar-refractivity contribution in [3.8, 4) is 0 Å². The summed E-state index contributed by atoms with van der Waals surface area (Å²) in [4.78, 5) is 29.6. The van der Waals surface area contributed by atoms with Gasteiger partial charge in [-0.25, -0.2) is 4.79 Å². The number of urea groups is 1. The minimum atomic E-state index is -0.196. The van der Waals surface area contributed by atoms with Crippen LogP contribution in [-0.2, 0) is 4.79 Å². The fourth-order valence-electron chi connectivity index (χ4n) is 4.37. The van der Waals surface area contributed by atoms with Gasteiger partial charge in [0.25, 0.3) is 0 Å². The topological polar surface area (TPSA) is 64.7 Å². The van der Waals surface area contributed by atoms with Crippen molar-refractivity contribution in [1.29, 1.82) is 0 Å². The van der Waals surface area contributed by atoms with Crippen LogP contribution in [0.25, 0.3) is 0 Å². The Bertz CT molecular complexity index is 876. The van der Waals surface area contributed by atoms with Crippen molar-refractivity contribution < 1.29 is 9.59 Å². The van der Waals surface area contributed by atoms with Crippen molar-refractivity contribution in [3.05, 3.63) is 54.6 Å². The van der Waals surface area contributed by atoms with Gasteiger partial charge in [-0.05, 0) is 68.0 Å². The lowest BCUT2D eigenvalue weighted by atomic mass is 9.97. The Morgan fingerprint density at radius 1 is 0.839 bits per heavy atom. The predicted octanol–water partition coefficient (Wildman–Crippen LogP) is 4.81. The molecular weight excluding hydrogens is 388 g/mol. The number of para-hydroxylation sites is 1. The first kappa shape index (κ1) is 21.2. The predicted molar refractivity (Wildman–Crippen MR) is 125 cm³/mol. The van der Waals surface area contributed by atoms with E-state index in [4.69, 9.17) is 0 Å². The van der Waals surface area contributed by atoms with Gasteiger partial charge in [-0.15, -0.1) is 0 Å². The standard InChI is InChI=1S/C25H32N4O2/c1-19-13-16-28(17-14-19)23-11-9-22(10-12-23)26-24(30)20-6-5-15-29(18-20)25(31)27-21-7-3-2-4-8-21/h2-4,7-12,19-20H,5-6,13-18H2,1H3,(H,26,30)(H,27,31). The SMILES string of the molecule is CC1CCN(c2ccc(NC(=O)C3CCCN(C(=O)Nc4ccccc4)C3)cc2)CC1. The smallest absolute Gasteiger partial charge is 0.321 e. The summed E-state index contributed by atoms with van der Waals surface area (Å²) in [6.07, 6.45) is 4.08. The Hall–Kier alpha value is -3.02. The lowest BCUT2D eigenvalue weighted by Gasteiger charge is -2.32. The third kappa shape index (κ3) is 5.57. The highest BCUT2D eigenvalue weighted by atomic mass is 16.2. The number of amides is 3. The Kier molecular flexibility index (Phi) is 6.75. The van der Waals surface area contributed by atoms with E-state index >= 15 is 0 Å². The number of likely N-dealkylation sites (tertiary alicyclic amines) is 1. The molecule has 0 aromatic heterocycles. The summed E-state index contributed by atoms with van der Waals surface area (Å²) in [5.41, 5.74) is 2.79. The van der Waals surface area contributed by atoms with Gasteiger partial charge in [0.1, 0.15) is 0 Å². The van der Waals surface area contributed by atoms with Crippen molar-refractivity contribution >= 4 is 29.0 Å². The van der Waals surface area contributed by atoms with Gasteiger partial charge in [0.15, 0.2) is 0 Å². The summed E-state index contributed by atoms with van der Waals surface area (Å²) < 4.78 is 0. The van der Waals surface area contributed by atoms with Gasteiger partial charge in [0.2, 0.25) is 5.91 Å². The maximum atomic E-state index is 12.8. The summed E-state index contributed by atoms with van der Waals surface area (Å²) in [7, 11) is 0. The number of hydrogen-bond donors (Lipinski definition) is 2. The molecule has 2 aliphatic heterocycles. The largest absolute Gasteiger partial charge is 0.372 e. The second kappa shape index (κ2) is 9.86. The Morgan fingerprint density at radius 3 is 2.23 bits per heavy atom. The number of nitrogens with one attached hydrogen (secondary N) is 2. The number of rotatable bonds is 4. The lowest BCUT2D eigenvalue weighted by Crippen LogP contribution is -2.45. The molecular formula is C25H32N4O2. The summed E-state index contributed by atoms with van der Waals surface area (Å²) >= 11 is 0. The van der Waals surface area contributed by atoms with E-state index in [1.165, 1.54) is 18.5 Å². The first-order valence-electron chi connectivity index (χ1n) is 11.4. The number of nitrogens with zero attached hydrogens (tertiary/aromatic N) is 2. The van der Waals surface area contributed by atoms with Crippen molar-refractivity contribution in [2.24, 2.45) is 11.8 Å². The molecule has 2 heterocycles. The van der Waals surface area contributed by atoms with Crippen LogP contribution >= 0.6 is 0 Å². The number of carbonyl (C=O) groups is 2. The second-order valence-electron chi connectivity index (χ2n) is 8.79. The molecule has 2 aromatic rings. The van der Waals surface area contributed by atoms with Gasteiger partial charge in [0.05, 0.1) is 5.92 Å². The number of benzene rings is 2. The number of hydrogen-bond acceptors (Lipinski definition) is 3. The molecule has 31 heavy (non-hydrogen) atoms. The molecule has 3 amide bonds. The summed E-state index contributed by atoms with van der Waals surface area (Å²) in [6.45, 7) is 5.61. The van der Waals surface area contributed by atoms with Crippen molar-refractivity contribution in [1.82, 2.24) is 4.90 Å². The summed E-state index contributed by atoms with van der Waals surface area (Å²) in [5.74, 6) is 0.593. The van der Waals surface area contributed by atoms with Crippen LogP contribution in [0.15, 0.2) is 54.6 Å². The highest BCUT2D eigenvalue weighted by Crippen LogP contribution is 2.25. The number of anilines is 3. The van der Waals surface area contributed by atoms with Crippen LogP contribution < -0.4 is 15.5 Å². The molecule has 0 radical (unpaired) electrons. The minimum Gasteiger partial charge on any atom is -0.372 e. The zero-order valence-corrected chi connectivity index (χ0v) is 18.2. The van der Waals surface area contributed by atoms with Crippen LogP contribution in [0.4, 0.5) is 21.9 Å². The van der Waals surface area contributed by atoms with Gasteiger partial charge in [-0.2, -0.15) is 0 Å². The number of piperidine rings is 2. The highest BCUT2D eigenvalue weighted by molar-refractivity contribution is 5.94. The second-order valence-corrected chi connectivity index (χ2v) is 8.79. The average Bonchev–Trinajstić information content (AvgIpc) is 2.81. The van der Waals surface area contributed by atoms with E-state index in [-0.39, 0.29) is 17.9 Å². The van der Waals surface area contributed by atoms with Crippen LogP contribution in [0.5, 0.6) is 0 Å². The molecule has 164 valence electrons. The summed E-state index contributed by atoms with van der Waals surface area (Å²) in [6, 6.07) is 17.4. The number of carbonyl (C=O) groups excluding carboxylic acids is 2. The minimum absolute atomic E-state index is 0.0169. The molecule has 6 heteroatoms. The molecule has 0 bridgehead atoms. The average molecular weight is 421 g/mol. The zero-order valence-electron chi connectivity index (χ0n) is 18.2. The maximum absolute atomic E-state index is 12.8. The lowest BCUT2D eigenvalue weighted by molar-refractivity contribution is -0.121. The normalized spacial score (nSPS) is 19.7. The first-order chi connectivity index (χ1) is 15.1. The van der Waals surface area contributed by atoms with E-state index in [0.717, 1.165) is 43.2 Å². The summed E-state index contributed by atoms with van der Waals surface area (Å²) in [5, 5.41) is 5.95. The van der Waals surface area contributed by atoms with Crippen LogP contribution in [0.3, 0.4) is 0 Å². The van der Waals surface area contributed by atoms with E-state index in [2.05, 4.69) is 34.6 Å². The van der Waals surface area contributed by atoms with Crippen molar-refractivity contribution in [2.45, 2.75) is 32.6 Å². The molecule has 2 saturated heterocycles. The third-order valence-corrected chi connectivity index (χ3v) is 6.39. The molecule has 2 N–H and O–H groups in total. The Morgan fingerprint density at radius 2 is 1.52 bits per heavy atom. The quantitative estimate of drug-likeness (QED) is 0.746. The van der Waals surface area contributed by atoms with E-state index in [0.29, 0.717) is 13.1 Å². The van der Waals surface area contributed by atoms with Crippen LogP contribution in [-0.4, -0.2) is 43.0 Å². The van der Waals surface area contributed by atoms with Crippen LogP contribution in [0, 0.1) is 11.8 Å². The highest BCUT2D eigenvalue weighted by Gasteiger charge is 2.28. The Labute approximate surface area is 184 Å². The van der Waals surface area contributed by atoms with Gasteiger partial charge < -0.3 is 20.4 Å². The van der Waals surface area contributed by atoms with Gasteiger partial charge in [-0.3, -0.25) is 4.79 Å². The van der Waals surface area contributed by atoms with Crippen molar-refractivity contribution in [2.75, 3.05) is 41.7 Å². The van der Waals surface area contributed by atoms with Crippen LogP contribution in [0.2, 0.25) is 0 Å². The monoisotopic (exact) mass is 420 g/mol. The molecule has 2 fully saturated rings. The molecule has 6 nitrogen and oxygen atoms in total. The molecule has 0 aliphatic carbocycles. The molecule has 4 rings (SSSR count). The Balaban J connectivity index is 1.30. The van der Waals surface area contributed by atoms with E-state index in [1.54, 1.807) is 4.90 Å². The molecule has 2 aromatic carbocycles. The zero-order chi connectivity index (χ0) is 21.6. The molecule has 0 saturated carbocycles. The van der Waals surface area contributed by atoms with Crippen LogP contribution in [0.1, 0.15) is 32.6 Å². The third-order valence-electron chi connectivity index (χ3n) is 6.39. The van der Waals surface area contributed by atoms with Gasteiger partial charge in [-0.1, -0.05) is 25.1 Å². The van der Waals surface area contributed by atoms with Crippen molar-refractivity contribution in [3.63, 3.8) is 0 Å². The molecule has 1 atom stereocenters. The fourth-order valence-corrected chi connectivity index (χ4v) is 4.37. The van der Waals surface area contributed by atoms with E-state index in [9.17, 15) is 9.59 Å². The first-order valence-corrected chi connectivity index (χ1v) is 11.4. The van der Waals surface area contributed by atoms with Gasteiger partial charge in [0, 0.05) is 43.2 Å². The maximum Gasteiger partial charge on any atom is 0.321 e. The van der Waals surface area contributed by atoms with E-state index in [1.807, 2.05) is 42.5 Å². The van der Waals surface area contributed by atoms with E-state index < -0.39 is 0 Å². The fraction of sp³-hybridized carbons (Fsp3) is 0.440. The molecule has 1 unspecified atom stereocenters.